The van der Waals surface area contributed by atoms with Crippen LogP contribution in [0, 0.1) is 10.1 Å². The lowest BCUT2D eigenvalue weighted by molar-refractivity contribution is -0.383. The van der Waals surface area contributed by atoms with Crippen LogP contribution >= 0.6 is 0 Å². The number of nitrogens with zero attached hydrogens (tertiary/aromatic N) is 3. The van der Waals surface area contributed by atoms with E-state index in [1.807, 2.05) is 24.3 Å². The summed E-state index contributed by atoms with van der Waals surface area (Å²) in [6, 6.07) is 14.3. The Kier molecular flexibility index (Phi) is 5.82. The summed E-state index contributed by atoms with van der Waals surface area (Å²) in [5, 5.41) is 17.6. The van der Waals surface area contributed by atoms with Crippen molar-refractivity contribution in [2.75, 3.05) is 10.6 Å². The van der Waals surface area contributed by atoms with Crippen LogP contribution in [0.15, 0.2) is 54.9 Å². The first-order valence-corrected chi connectivity index (χ1v) is 9.09. The van der Waals surface area contributed by atoms with E-state index >= 15 is 0 Å². The lowest BCUT2D eigenvalue weighted by Gasteiger charge is -2.11. The highest BCUT2D eigenvalue weighted by molar-refractivity contribution is 5.95. The molecule has 0 amide bonds. The van der Waals surface area contributed by atoms with E-state index in [-0.39, 0.29) is 23.1 Å². The predicted molar refractivity (Wildman–Crippen MR) is 112 cm³/mol. The molecule has 29 heavy (non-hydrogen) atoms. The maximum Gasteiger partial charge on any atom is 0.353 e. The standard InChI is InChI=1S/C21H21N5O3/c1-13(2)15-7-9-17(10-8-15)24-20-19(26(28)29)21(23-12-22-20)25-18-6-4-5-16(11-18)14(3)27/h4-13H,1-3H3,(H2,22,23,24,25). The summed E-state index contributed by atoms with van der Waals surface area (Å²) in [5.74, 6) is 0.400. The van der Waals surface area contributed by atoms with E-state index in [4.69, 9.17) is 0 Å². The van der Waals surface area contributed by atoms with Crippen molar-refractivity contribution in [3.63, 3.8) is 0 Å². The van der Waals surface area contributed by atoms with Gasteiger partial charge in [-0.3, -0.25) is 14.9 Å². The average molecular weight is 391 g/mol. The van der Waals surface area contributed by atoms with E-state index in [1.54, 1.807) is 24.3 Å². The number of nitrogens with one attached hydrogen (secondary N) is 2. The number of carbonyl (C=O) groups excluding carboxylic acids is 1. The molecule has 3 aromatic rings. The Morgan fingerprint density at radius 1 is 1.00 bits per heavy atom. The van der Waals surface area contributed by atoms with Gasteiger partial charge in [0, 0.05) is 16.9 Å². The van der Waals surface area contributed by atoms with Crippen LogP contribution in [-0.2, 0) is 0 Å². The Bertz CT molecular complexity index is 1050. The third-order valence-corrected chi connectivity index (χ3v) is 4.38. The van der Waals surface area contributed by atoms with E-state index in [1.165, 1.54) is 18.8 Å². The van der Waals surface area contributed by atoms with Gasteiger partial charge in [0.25, 0.3) is 0 Å². The molecule has 0 aliphatic carbocycles. The minimum Gasteiger partial charge on any atom is -0.334 e. The highest BCUT2D eigenvalue weighted by atomic mass is 16.6. The minimum absolute atomic E-state index is 0.0343. The summed E-state index contributed by atoms with van der Waals surface area (Å²) in [5.41, 5.74) is 2.58. The van der Waals surface area contributed by atoms with Crippen LogP contribution < -0.4 is 10.6 Å². The molecule has 0 atom stereocenters. The van der Waals surface area contributed by atoms with Gasteiger partial charge in [-0.05, 0) is 42.7 Å². The van der Waals surface area contributed by atoms with Crippen LogP contribution in [0.1, 0.15) is 42.6 Å². The number of ketones is 1. The second-order valence-electron chi connectivity index (χ2n) is 6.84. The van der Waals surface area contributed by atoms with E-state index in [0.29, 0.717) is 22.9 Å². The van der Waals surface area contributed by atoms with Gasteiger partial charge in [-0.2, -0.15) is 0 Å². The molecule has 0 saturated heterocycles. The normalized spacial score (nSPS) is 10.6. The molecule has 0 fully saturated rings. The molecule has 0 aliphatic heterocycles. The highest BCUT2D eigenvalue weighted by Crippen LogP contribution is 2.33. The fraction of sp³-hybridized carbons (Fsp3) is 0.190. The Morgan fingerprint density at radius 3 is 2.17 bits per heavy atom. The molecular weight excluding hydrogens is 370 g/mol. The summed E-state index contributed by atoms with van der Waals surface area (Å²) < 4.78 is 0. The zero-order valence-corrected chi connectivity index (χ0v) is 16.3. The van der Waals surface area contributed by atoms with E-state index in [2.05, 4.69) is 34.4 Å². The van der Waals surface area contributed by atoms with Gasteiger partial charge in [-0.25, -0.2) is 9.97 Å². The zero-order valence-electron chi connectivity index (χ0n) is 16.3. The molecule has 2 aromatic carbocycles. The zero-order chi connectivity index (χ0) is 21.0. The fourth-order valence-electron chi connectivity index (χ4n) is 2.78. The highest BCUT2D eigenvalue weighted by Gasteiger charge is 2.23. The summed E-state index contributed by atoms with van der Waals surface area (Å²) in [7, 11) is 0. The van der Waals surface area contributed by atoms with E-state index < -0.39 is 4.92 Å². The molecule has 148 valence electrons. The van der Waals surface area contributed by atoms with Crippen LogP contribution in [0.25, 0.3) is 0 Å². The van der Waals surface area contributed by atoms with Crippen molar-refractivity contribution in [2.24, 2.45) is 0 Å². The summed E-state index contributed by atoms with van der Waals surface area (Å²) in [6.45, 7) is 5.65. The van der Waals surface area contributed by atoms with Crippen LogP contribution in [0.5, 0.6) is 0 Å². The molecule has 0 unspecified atom stereocenters. The summed E-state index contributed by atoms with van der Waals surface area (Å²) in [4.78, 5) is 30.8. The van der Waals surface area contributed by atoms with Crippen LogP contribution in [-0.4, -0.2) is 20.7 Å². The third kappa shape index (κ3) is 4.73. The quantitative estimate of drug-likeness (QED) is 0.323. The van der Waals surface area contributed by atoms with Gasteiger partial charge < -0.3 is 10.6 Å². The first-order chi connectivity index (χ1) is 13.8. The SMILES string of the molecule is CC(=O)c1cccc(Nc2ncnc(Nc3ccc(C(C)C)cc3)c2[N+](=O)[O-])c1. The lowest BCUT2D eigenvalue weighted by Crippen LogP contribution is -2.06. The number of nitro groups is 1. The molecule has 2 N–H and O–H groups in total. The number of benzene rings is 2. The lowest BCUT2D eigenvalue weighted by atomic mass is 10.0. The van der Waals surface area contributed by atoms with Crippen LogP contribution in [0.3, 0.4) is 0 Å². The van der Waals surface area contributed by atoms with Crippen molar-refractivity contribution >= 4 is 34.5 Å². The van der Waals surface area contributed by atoms with Crippen molar-refractivity contribution in [2.45, 2.75) is 26.7 Å². The van der Waals surface area contributed by atoms with Crippen molar-refractivity contribution in [1.82, 2.24) is 9.97 Å². The molecule has 0 radical (unpaired) electrons. The minimum atomic E-state index is -0.540. The monoisotopic (exact) mass is 391 g/mol. The molecule has 1 heterocycles. The Labute approximate surface area is 168 Å². The van der Waals surface area contributed by atoms with Crippen molar-refractivity contribution in [3.8, 4) is 0 Å². The van der Waals surface area contributed by atoms with Crippen LogP contribution in [0.2, 0.25) is 0 Å². The van der Waals surface area contributed by atoms with Crippen LogP contribution in [0.4, 0.5) is 28.7 Å². The maximum atomic E-state index is 11.7. The molecule has 8 heteroatoms. The Morgan fingerprint density at radius 2 is 1.62 bits per heavy atom. The van der Waals surface area contributed by atoms with Crippen molar-refractivity contribution < 1.29 is 9.72 Å². The van der Waals surface area contributed by atoms with Gasteiger partial charge in [0.2, 0.25) is 11.6 Å². The molecule has 0 bridgehead atoms. The number of hydrogen-bond acceptors (Lipinski definition) is 7. The maximum absolute atomic E-state index is 11.7. The topological polar surface area (TPSA) is 110 Å². The largest absolute Gasteiger partial charge is 0.353 e. The van der Waals surface area contributed by atoms with Crippen molar-refractivity contribution in [3.05, 3.63) is 76.1 Å². The first-order valence-electron chi connectivity index (χ1n) is 9.09. The van der Waals surface area contributed by atoms with Gasteiger partial charge in [0.15, 0.2) is 5.78 Å². The van der Waals surface area contributed by atoms with Gasteiger partial charge >= 0.3 is 5.69 Å². The number of rotatable bonds is 7. The predicted octanol–water partition coefficient (Wildman–Crippen LogP) is 5.20. The molecule has 3 rings (SSSR count). The number of carbonyl (C=O) groups is 1. The molecule has 0 aliphatic rings. The van der Waals surface area contributed by atoms with Crippen molar-refractivity contribution in [1.29, 1.82) is 0 Å². The molecule has 8 nitrogen and oxygen atoms in total. The first kappa shape index (κ1) is 19.9. The number of aromatic nitrogens is 2. The number of anilines is 4. The molecule has 0 saturated carbocycles. The smallest absolute Gasteiger partial charge is 0.334 e. The second kappa shape index (κ2) is 8.47. The summed E-state index contributed by atoms with van der Waals surface area (Å²) >= 11 is 0. The van der Waals surface area contributed by atoms with E-state index in [9.17, 15) is 14.9 Å². The number of hydrogen-bond donors (Lipinski definition) is 2. The molecule has 1 aromatic heterocycles. The van der Waals surface area contributed by atoms with Gasteiger partial charge in [-0.15, -0.1) is 0 Å². The Balaban J connectivity index is 1.92. The van der Waals surface area contributed by atoms with E-state index in [0.717, 1.165) is 0 Å². The average Bonchev–Trinajstić information content (AvgIpc) is 2.68. The summed E-state index contributed by atoms with van der Waals surface area (Å²) in [6.07, 6.45) is 1.25. The number of Topliss-reactive ketones (excluding diaryl/α,β-unsaturated/α-hetero) is 1. The molecular formula is C21H21N5O3. The second-order valence-corrected chi connectivity index (χ2v) is 6.84. The van der Waals surface area contributed by atoms with Gasteiger partial charge in [0.1, 0.15) is 6.33 Å². The Hall–Kier alpha value is -3.81. The third-order valence-electron chi connectivity index (χ3n) is 4.38. The van der Waals surface area contributed by atoms with Gasteiger partial charge in [-0.1, -0.05) is 38.1 Å². The fourth-order valence-corrected chi connectivity index (χ4v) is 2.78. The molecule has 0 spiro atoms. The van der Waals surface area contributed by atoms with Gasteiger partial charge in [0.05, 0.1) is 4.92 Å².